The molecule has 356 valence electrons. The minimum Gasteiger partial charge on any atom is -0.494 e. The number of ether oxygens (including phenoxy) is 3. The highest BCUT2D eigenvalue weighted by Gasteiger charge is 2.36. The molecule has 19 heteroatoms. The van der Waals surface area contributed by atoms with E-state index in [1.807, 2.05) is 30.3 Å². The molecule has 0 spiro atoms. The molecule has 10 N–H and O–H groups in total. The van der Waals surface area contributed by atoms with Crippen LogP contribution in [0.4, 0.5) is 0 Å². The smallest absolute Gasteiger partial charge is 0.255 e. The molecule has 5 amide bonds. The van der Waals surface area contributed by atoms with E-state index >= 15 is 0 Å². The Hall–Kier alpha value is -7.14. The maximum absolute atomic E-state index is 14.7. The van der Waals surface area contributed by atoms with Crippen LogP contribution < -0.4 is 52.7 Å². The number of fused-ring (bicyclic) bond motifs is 5. The van der Waals surface area contributed by atoms with Crippen LogP contribution in [0.5, 0.6) is 17.2 Å². The number of nitrogens with two attached hydrogens (primary N) is 3. The zero-order chi connectivity index (χ0) is 48.6. The summed E-state index contributed by atoms with van der Waals surface area (Å²) >= 11 is 0. The van der Waals surface area contributed by atoms with Crippen molar-refractivity contribution >= 4 is 29.5 Å². The van der Waals surface area contributed by atoms with E-state index in [1.165, 1.54) is 25.1 Å². The second kappa shape index (κ2) is 24.4. The quantitative estimate of drug-likeness (QED) is 0.0663. The summed E-state index contributed by atoms with van der Waals surface area (Å²) < 4.78 is 18.0. The predicted molar refractivity (Wildman–Crippen MR) is 250 cm³/mol. The number of hydrogen-bond donors (Lipinski definition) is 7. The molecule has 0 radical (unpaired) electrons. The van der Waals surface area contributed by atoms with E-state index in [0.29, 0.717) is 63.4 Å². The van der Waals surface area contributed by atoms with Crippen LogP contribution in [0.15, 0.2) is 66.9 Å². The molecule has 0 fully saturated rings. The van der Waals surface area contributed by atoms with Gasteiger partial charge in [0.05, 0.1) is 23.9 Å². The Morgan fingerprint density at radius 1 is 0.881 bits per heavy atom. The van der Waals surface area contributed by atoms with Crippen LogP contribution >= 0.6 is 0 Å². The number of likely N-dealkylation sites (N-methyl/N-ethyl adjacent to an activating group) is 1. The fourth-order valence-corrected chi connectivity index (χ4v) is 7.31. The Balaban J connectivity index is 1.51. The van der Waals surface area contributed by atoms with Crippen LogP contribution in [0.3, 0.4) is 0 Å². The van der Waals surface area contributed by atoms with Crippen molar-refractivity contribution in [3.8, 4) is 45.8 Å². The van der Waals surface area contributed by atoms with Gasteiger partial charge in [-0.15, -0.1) is 0 Å². The second-order valence-electron chi connectivity index (χ2n) is 16.4. The van der Waals surface area contributed by atoms with Gasteiger partial charge in [0.1, 0.15) is 61.2 Å². The van der Waals surface area contributed by atoms with Gasteiger partial charge in [-0.1, -0.05) is 26.0 Å². The van der Waals surface area contributed by atoms with Crippen LogP contribution in [0, 0.1) is 24.2 Å². The molecule has 19 nitrogen and oxygen atoms in total. The largest absolute Gasteiger partial charge is 0.494 e. The minimum atomic E-state index is -1.41. The normalized spacial score (nSPS) is 16.3. The number of amides is 5. The number of carbonyl (C=O) groups is 5. The number of nitriles is 1. The number of carbonyl (C=O) groups excluding carboxylic acids is 5. The standard InChI is InChI=1S/C48H61N11O8/c1-28(2)15-21-65-34-10-7-32(8-11-34)43-54-27-37(29(3)55-43)45(61)57-38(14-16-49)48(64)59(5)42-33-9-13-41(67-23-19-52)36(26-33)35-24-31(6-12-40(35)66-22-18-51)25-39(46(62)53-20-17-50)58-44(60)30(4)56-47(42)63/h6-13,24,26-28,30,38-39,42H,14-16,18-23,25,49,51-52H2,1-5H3,(H,53,62)(H,56,63)(H,57,61)(H,58,60)/t30-,38?,39-,42-/m0/s1. The Kier molecular flexibility index (Phi) is 18.5. The van der Waals surface area contributed by atoms with Gasteiger partial charge in [0.15, 0.2) is 5.82 Å². The van der Waals surface area contributed by atoms with Gasteiger partial charge in [0, 0.05) is 49.4 Å². The first-order valence-electron chi connectivity index (χ1n) is 22.2. The molecule has 1 unspecified atom stereocenters. The number of nitrogens with zero attached hydrogens (tertiary/aromatic N) is 4. The zero-order valence-corrected chi connectivity index (χ0v) is 38.6. The van der Waals surface area contributed by atoms with E-state index < -0.39 is 53.7 Å². The number of aryl methyl sites for hydroxylation is 1. The van der Waals surface area contributed by atoms with Crippen LogP contribution in [0.2, 0.25) is 0 Å². The fraction of sp³-hybridized carbons (Fsp3) is 0.417. The molecule has 0 saturated carbocycles. The summed E-state index contributed by atoms with van der Waals surface area (Å²) in [4.78, 5) is 80.4. The Bertz CT molecular complexity index is 2420. The van der Waals surface area contributed by atoms with Gasteiger partial charge in [0.2, 0.25) is 23.6 Å². The molecule has 3 aromatic carbocycles. The highest BCUT2D eigenvalue weighted by molar-refractivity contribution is 6.00. The number of benzene rings is 3. The lowest BCUT2D eigenvalue weighted by Crippen LogP contribution is -2.56. The van der Waals surface area contributed by atoms with Crippen molar-refractivity contribution in [1.29, 1.82) is 5.26 Å². The van der Waals surface area contributed by atoms with Crippen molar-refractivity contribution in [1.82, 2.24) is 36.1 Å². The Labute approximate surface area is 390 Å². The topological polar surface area (TPSA) is 292 Å². The number of rotatable bonds is 19. The predicted octanol–water partition coefficient (Wildman–Crippen LogP) is 2.05. The summed E-state index contributed by atoms with van der Waals surface area (Å²) in [6, 6.07) is 14.3. The highest BCUT2D eigenvalue weighted by Crippen LogP contribution is 2.40. The molecule has 5 rings (SSSR count). The SMILES string of the molecule is Cc1nc(-c2ccc(OCCC(C)C)cc2)ncc1C(=O)NC(CCN)C(=O)N(C)[C@@H]1C(=O)N[C@@H](C)C(=O)N[C@H](C(=O)NCC#N)Cc2ccc(OCCN)c(c2)-c2cc1ccc2OCCN. The Morgan fingerprint density at radius 2 is 1.55 bits per heavy atom. The molecule has 1 aliphatic heterocycles. The van der Waals surface area contributed by atoms with Crippen molar-refractivity contribution in [3.05, 3.63) is 89.2 Å². The van der Waals surface area contributed by atoms with Crippen molar-refractivity contribution in [2.45, 2.75) is 71.1 Å². The molecular weight excluding hydrogens is 859 g/mol. The third-order valence-corrected chi connectivity index (χ3v) is 10.9. The van der Waals surface area contributed by atoms with Crippen LogP contribution in [-0.4, -0.2) is 116 Å². The molecule has 0 saturated heterocycles. The molecule has 1 aromatic heterocycles. The third kappa shape index (κ3) is 13.5. The molecule has 1 aliphatic rings. The molecule has 4 atom stereocenters. The first-order valence-corrected chi connectivity index (χ1v) is 22.2. The Morgan fingerprint density at radius 3 is 2.18 bits per heavy atom. The number of hydrogen-bond acceptors (Lipinski definition) is 14. The summed E-state index contributed by atoms with van der Waals surface area (Å²) in [6.45, 7) is 8.30. The average molecular weight is 920 g/mol. The molecule has 2 heterocycles. The fourth-order valence-electron chi connectivity index (χ4n) is 7.31. The first kappa shape index (κ1) is 50.9. The minimum absolute atomic E-state index is 0.00116. The van der Waals surface area contributed by atoms with E-state index in [1.54, 1.807) is 43.3 Å². The monoisotopic (exact) mass is 919 g/mol. The van der Waals surface area contributed by atoms with Gasteiger partial charge in [-0.25, -0.2) is 9.97 Å². The van der Waals surface area contributed by atoms with Crippen LogP contribution in [0.1, 0.15) is 66.8 Å². The van der Waals surface area contributed by atoms with Crippen molar-refractivity contribution in [2.75, 3.05) is 53.0 Å². The lowest BCUT2D eigenvalue weighted by Gasteiger charge is -2.32. The van der Waals surface area contributed by atoms with Gasteiger partial charge in [-0.2, -0.15) is 5.26 Å². The number of nitrogens with one attached hydrogen (secondary N) is 4. The van der Waals surface area contributed by atoms with E-state index in [9.17, 15) is 24.0 Å². The highest BCUT2D eigenvalue weighted by atomic mass is 16.5. The van der Waals surface area contributed by atoms with E-state index in [0.717, 1.165) is 12.2 Å². The summed E-state index contributed by atoms with van der Waals surface area (Å²) in [5.74, 6) is -1.01. The van der Waals surface area contributed by atoms with E-state index in [2.05, 4.69) is 45.1 Å². The molecule has 4 aromatic rings. The molecule has 4 bridgehead atoms. The summed E-state index contributed by atoms with van der Waals surface area (Å²) in [5.41, 5.74) is 20.7. The zero-order valence-electron chi connectivity index (χ0n) is 38.6. The van der Waals surface area contributed by atoms with Crippen molar-refractivity contribution in [2.24, 2.45) is 23.1 Å². The first-order chi connectivity index (χ1) is 32.2. The molecule has 67 heavy (non-hydrogen) atoms. The van der Waals surface area contributed by atoms with E-state index in [4.69, 9.17) is 36.7 Å². The lowest BCUT2D eigenvalue weighted by atomic mass is 9.93. The van der Waals surface area contributed by atoms with Crippen molar-refractivity contribution in [3.63, 3.8) is 0 Å². The van der Waals surface area contributed by atoms with Gasteiger partial charge in [-0.3, -0.25) is 24.0 Å². The van der Waals surface area contributed by atoms with E-state index in [-0.39, 0.29) is 57.8 Å². The van der Waals surface area contributed by atoms with Gasteiger partial charge >= 0.3 is 0 Å². The van der Waals surface area contributed by atoms with Gasteiger partial charge < -0.3 is 57.6 Å². The van der Waals surface area contributed by atoms with Gasteiger partial charge in [0.25, 0.3) is 5.91 Å². The lowest BCUT2D eigenvalue weighted by molar-refractivity contribution is -0.141. The number of aromatic nitrogens is 2. The van der Waals surface area contributed by atoms with Crippen LogP contribution in [0.25, 0.3) is 22.5 Å². The molecular formula is C48H61N11O8. The summed E-state index contributed by atoms with van der Waals surface area (Å²) in [6.07, 6.45) is 2.31. The van der Waals surface area contributed by atoms with Gasteiger partial charge in [-0.05, 0) is 98.8 Å². The average Bonchev–Trinajstić information content (AvgIpc) is 3.31. The molecule has 0 aliphatic carbocycles. The maximum atomic E-state index is 14.7. The second-order valence-corrected chi connectivity index (χ2v) is 16.4. The summed E-state index contributed by atoms with van der Waals surface area (Å²) in [5, 5.41) is 19.9. The maximum Gasteiger partial charge on any atom is 0.255 e. The van der Waals surface area contributed by atoms with Crippen molar-refractivity contribution < 1.29 is 38.2 Å². The summed E-state index contributed by atoms with van der Waals surface area (Å²) in [7, 11) is 1.41. The third-order valence-electron chi connectivity index (χ3n) is 10.9. The van der Waals surface area contributed by atoms with Crippen LogP contribution in [-0.2, 0) is 25.6 Å².